The fourth-order valence-electron chi connectivity index (χ4n) is 1.09. The third kappa shape index (κ3) is 4.15. The first-order valence-electron chi connectivity index (χ1n) is 4.81. The summed E-state index contributed by atoms with van der Waals surface area (Å²) in [6.07, 6.45) is 1.07. The second-order valence-corrected chi connectivity index (χ2v) is 5.50. The molecule has 0 aromatic heterocycles. The summed E-state index contributed by atoms with van der Waals surface area (Å²) in [5.74, 6) is -1.32. The molecule has 0 bridgehead atoms. The lowest BCUT2D eigenvalue weighted by Crippen LogP contribution is -2.29. The lowest BCUT2D eigenvalue weighted by Gasteiger charge is -2.04. The van der Waals surface area contributed by atoms with E-state index < -0.39 is 28.3 Å². The van der Waals surface area contributed by atoms with Crippen molar-refractivity contribution in [2.75, 3.05) is 12.9 Å². The van der Waals surface area contributed by atoms with E-state index in [2.05, 4.69) is 4.84 Å². The number of hydroxylamine groups is 1. The molecule has 0 unspecified atom stereocenters. The van der Waals surface area contributed by atoms with Crippen LogP contribution in [0.25, 0.3) is 0 Å². The Morgan fingerprint density at radius 2 is 1.83 bits per heavy atom. The Kier molecular flexibility index (Phi) is 4.40. The van der Waals surface area contributed by atoms with E-state index in [1.165, 1.54) is 24.3 Å². The number of carbonyl (C=O) groups excluding carboxylic acids is 2. The van der Waals surface area contributed by atoms with Gasteiger partial charge in [0, 0.05) is 11.8 Å². The molecule has 0 spiro atoms. The van der Waals surface area contributed by atoms with Gasteiger partial charge >= 0.3 is 0 Å². The Morgan fingerprint density at radius 1 is 1.28 bits per heavy atom. The molecule has 0 aliphatic heterocycles. The number of amides is 2. The van der Waals surface area contributed by atoms with Crippen LogP contribution in [0.3, 0.4) is 0 Å². The zero-order valence-corrected chi connectivity index (χ0v) is 10.4. The van der Waals surface area contributed by atoms with Gasteiger partial charge in [0.15, 0.2) is 16.4 Å². The van der Waals surface area contributed by atoms with Crippen molar-refractivity contribution in [1.29, 1.82) is 0 Å². The van der Waals surface area contributed by atoms with Crippen molar-refractivity contribution in [3.05, 3.63) is 29.8 Å². The van der Waals surface area contributed by atoms with E-state index in [1.54, 1.807) is 0 Å². The van der Waals surface area contributed by atoms with E-state index in [4.69, 9.17) is 5.73 Å². The van der Waals surface area contributed by atoms with Crippen LogP contribution in [0, 0.1) is 0 Å². The number of primary amides is 1. The van der Waals surface area contributed by atoms with Crippen LogP contribution >= 0.6 is 0 Å². The molecule has 3 N–H and O–H groups in total. The Morgan fingerprint density at radius 3 is 2.28 bits per heavy atom. The molecule has 0 atom stereocenters. The summed E-state index contributed by atoms with van der Waals surface area (Å²) < 4.78 is 22.4. The summed E-state index contributed by atoms with van der Waals surface area (Å²) in [5.41, 5.74) is 7.00. The highest BCUT2D eigenvalue weighted by Gasteiger charge is 2.10. The van der Waals surface area contributed by atoms with Crippen LogP contribution in [0.4, 0.5) is 0 Å². The number of hydrogen-bond acceptors (Lipinski definition) is 5. The molecule has 1 aromatic rings. The van der Waals surface area contributed by atoms with Crippen LogP contribution in [-0.2, 0) is 19.5 Å². The van der Waals surface area contributed by atoms with Crippen molar-refractivity contribution >= 4 is 21.7 Å². The fourth-order valence-corrected chi connectivity index (χ4v) is 1.72. The minimum absolute atomic E-state index is 0.108. The Labute approximate surface area is 104 Å². The van der Waals surface area contributed by atoms with Gasteiger partial charge in [0.05, 0.1) is 4.90 Å². The summed E-state index contributed by atoms with van der Waals surface area (Å²) >= 11 is 0. The van der Waals surface area contributed by atoms with E-state index in [0.717, 1.165) is 6.26 Å². The molecular weight excluding hydrogens is 260 g/mol. The molecule has 18 heavy (non-hydrogen) atoms. The second kappa shape index (κ2) is 5.61. The van der Waals surface area contributed by atoms with E-state index >= 15 is 0 Å². The summed E-state index contributed by atoms with van der Waals surface area (Å²) in [5, 5.41) is 0. The second-order valence-electron chi connectivity index (χ2n) is 3.48. The summed E-state index contributed by atoms with van der Waals surface area (Å²) in [6.45, 7) is -0.437. The molecule has 0 aliphatic rings. The molecule has 2 amide bonds. The minimum atomic E-state index is -3.30. The first-order valence-corrected chi connectivity index (χ1v) is 6.70. The topological polar surface area (TPSA) is 116 Å². The number of benzene rings is 1. The molecule has 1 rings (SSSR count). The van der Waals surface area contributed by atoms with E-state index in [9.17, 15) is 18.0 Å². The Hall–Kier alpha value is -1.93. The lowest BCUT2D eigenvalue weighted by molar-refractivity contribution is -0.124. The van der Waals surface area contributed by atoms with Crippen LogP contribution in [0.2, 0.25) is 0 Å². The van der Waals surface area contributed by atoms with Gasteiger partial charge in [0.2, 0.25) is 5.91 Å². The highest BCUT2D eigenvalue weighted by Crippen LogP contribution is 2.10. The molecule has 8 heteroatoms. The Bertz CT molecular complexity index is 550. The number of carbonyl (C=O) groups is 2. The first kappa shape index (κ1) is 14.1. The quantitative estimate of drug-likeness (QED) is 0.683. The van der Waals surface area contributed by atoms with Crippen LogP contribution < -0.4 is 11.2 Å². The molecule has 0 saturated heterocycles. The molecule has 7 nitrogen and oxygen atoms in total. The van der Waals surface area contributed by atoms with Crippen LogP contribution in [0.1, 0.15) is 10.4 Å². The number of hydrogen-bond donors (Lipinski definition) is 2. The minimum Gasteiger partial charge on any atom is -0.368 e. The van der Waals surface area contributed by atoms with Gasteiger partial charge in [0.1, 0.15) is 0 Å². The molecule has 98 valence electrons. The standard InChI is InChI=1S/C10H12N2O5S/c1-18(15,16)8-4-2-7(3-5-8)10(14)12-17-6-9(11)13/h2-5H,6H2,1H3,(H2,11,13)(H,12,14). The van der Waals surface area contributed by atoms with Gasteiger partial charge in [-0.3, -0.25) is 14.4 Å². The average molecular weight is 272 g/mol. The highest BCUT2D eigenvalue weighted by molar-refractivity contribution is 7.90. The van der Waals surface area contributed by atoms with Crippen molar-refractivity contribution < 1.29 is 22.8 Å². The number of rotatable bonds is 5. The van der Waals surface area contributed by atoms with Crippen molar-refractivity contribution in [2.24, 2.45) is 5.73 Å². The van der Waals surface area contributed by atoms with Crippen LogP contribution in [0.15, 0.2) is 29.2 Å². The van der Waals surface area contributed by atoms with E-state index in [-0.39, 0.29) is 10.5 Å². The molecule has 0 saturated carbocycles. The predicted molar refractivity (Wildman–Crippen MR) is 62.2 cm³/mol. The third-order valence-corrected chi connectivity index (χ3v) is 3.05. The van der Waals surface area contributed by atoms with Crippen LogP contribution in [0.5, 0.6) is 0 Å². The van der Waals surface area contributed by atoms with Crippen molar-refractivity contribution in [1.82, 2.24) is 5.48 Å². The van der Waals surface area contributed by atoms with Gasteiger partial charge in [-0.05, 0) is 24.3 Å². The normalized spacial score (nSPS) is 10.9. The van der Waals surface area contributed by atoms with Gasteiger partial charge in [-0.15, -0.1) is 0 Å². The van der Waals surface area contributed by atoms with Gasteiger partial charge in [-0.25, -0.2) is 13.9 Å². The first-order chi connectivity index (χ1) is 8.30. The van der Waals surface area contributed by atoms with E-state index in [0.29, 0.717) is 0 Å². The lowest BCUT2D eigenvalue weighted by atomic mass is 10.2. The third-order valence-electron chi connectivity index (χ3n) is 1.92. The van der Waals surface area contributed by atoms with Gasteiger partial charge < -0.3 is 5.73 Å². The monoisotopic (exact) mass is 272 g/mol. The highest BCUT2D eigenvalue weighted by atomic mass is 32.2. The largest absolute Gasteiger partial charge is 0.368 e. The van der Waals surface area contributed by atoms with Crippen molar-refractivity contribution in [3.8, 4) is 0 Å². The summed E-state index contributed by atoms with van der Waals surface area (Å²) in [4.78, 5) is 26.4. The van der Waals surface area contributed by atoms with Gasteiger partial charge in [-0.1, -0.05) is 0 Å². The maximum atomic E-state index is 11.4. The van der Waals surface area contributed by atoms with Gasteiger partial charge in [-0.2, -0.15) is 0 Å². The average Bonchev–Trinajstić information content (AvgIpc) is 2.27. The molecule has 0 aliphatic carbocycles. The maximum Gasteiger partial charge on any atom is 0.274 e. The summed E-state index contributed by atoms with van der Waals surface area (Å²) in [7, 11) is -3.30. The number of nitrogens with two attached hydrogens (primary N) is 1. The molecule has 0 fully saturated rings. The fraction of sp³-hybridized carbons (Fsp3) is 0.200. The molecule has 1 aromatic carbocycles. The van der Waals surface area contributed by atoms with Crippen molar-refractivity contribution in [3.63, 3.8) is 0 Å². The van der Waals surface area contributed by atoms with Crippen molar-refractivity contribution in [2.45, 2.75) is 4.90 Å². The zero-order chi connectivity index (χ0) is 13.8. The molecule has 0 heterocycles. The Balaban J connectivity index is 2.68. The smallest absolute Gasteiger partial charge is 0.274 e. The molecular formula is C10H12N2O5S. The summed E-state index contributed by atoms with van der Waals surface area (Å²) in [6, 6.07) is 5.27. The van der Waals surface area contributed by atoms with E-state index in [1.807, 2.05) is 5.48 Å². The zero-order valence-electron chi connectivity index (χ0n) is 9.54. The van der Waals surface area contributed by atoms with Gasteiger partial charge in [0.25, 0.3) is 5.91 Å². The van der Waals surface area contributed by atoms with Crippen LogP contribution in [-0.4, -0.2) is 33.1 Å². The number of sulfone groups is 1. The predicted octanol–water partition coefficient (Wildman–Crippen LogP) is -0.763. The number of nitrogens with one attached hydrogen (secondary N) is 1. The SMILES string of the molecule is CS(=O)(=O)c1ccc(C(=O)NOCC(N)=O)cc1. The molecule has 0 radical (unpaired) electrons. The maximum absolute atomic E-state index is 11.4.